The molecule has 8 nitrogen and oxygen atoms in total. The minimum Gasteiger partial charge on any atom is -0.465 e. The summed E-state index contributed by atoms with van der Waals surface area (Å²) in [6, 6.07) is 12.1. The number of benzene rings is 2. The average Bonchev–Trinajstić information content (AvgIpc) is 3.13. The predicted octanol–water partition coefficient (Wildman–Crippen LogP) is 4.73. The molecular weight excluding hydrogens is 507 g/mol. The van der Waals surface area contributed by atoms with Gasteiger partial charge in [0.2, 0.25) is 11.8 Å². The van der Waals surface area contributed by atoms with Crippen molar-refractivity contribution in [3.05, 3.63) is 57.4 Å². The van der Waals surface area contributed by atoms with E-state index in [4.69, 9.17) is 40.2 Å². The molecule has 0 fully saturated rings. The van der Waals surface area contributed by atoms with E-state index in [9.17, 15) is 14.4 Å². The first kappa shape index (κ1) is 24.7. The molecule has 0 aliphatic rings. The van der Waals surface area contributed by atoms with Crippen LogP contribution < -0.4 is 21.5 Å². The Morgan fingerprint density at radius 2 is 1.73 bits per heavy atom. The van der Waals surface area contributed by atoms with Gasteiger partial charge < -0.3 is 15.4 Å². The van der Waals surface area contributed by atoms with Crippen LogP contribution in [0.15, 0.2) is 42.5 Å². The number of methoxy groups -OCH3 is 1. The number of hydrogen-bond acceptors (Lipinski definition) is 6. The molecule has 1 aromatic heterocycles. The Labute approximate surface area is 208 Å². The van der Waals surface area contributed by atoms with Crippen LogP contribution in [-0.2, 0) is 14.3 Å². The Morgan fingerprint density at radius 1 is 1.00 bits per heavy atom. The van der Waals surface area contributed by atoms with E-state index in [1.54, 1.807) is 42.5 Å². The number of para-hydroxylation sites is 1. The summed E-state index contributed by atoms with van der Waals surface area (Å²) < 4.78 is 5.50. The molecule has 0 bridgehead atoms. The van der Waals surface area contributed by atoms with Crippen LogP contribution in [0.3, 0.4) is 0 Å². The third-order valence-electron chi connectivity index (χ3n) is 4.30. The number of fused-ring (bicyclic) bond motifs is 1. The highest BCUT2D eigenvalue weighted by atomic mass is 35.5. The number of hydrazine groups is 1. The summed E-state index contributed by atoms with van der Waals surface area (Å²) in [6.45, 7) is 0. The predicted molar refractivity (Wildman–Crippen MR) is 135 cm³/mol. The lowest BCUT2D eigenvalue weighted by Crippen LogP contribution is -2.43. The molecule has 1 heterocycles. The van der Waals surface area contributed by atoms with Crippen molar-refractivity contribution in [2.24, 2.45) is 0 Å². The molecule has 0 saturated heterocycles. The monoisotopic (exact) mass is 524 g/mol. The summed E-state index contributed by atoms with van der Waals surface area (Å²) in [5, 5.41) is 7.17. The summed E-state index contributed by atoms with van der Waals surface area (Å²) in [7, 11) is 1.29. The van der Waals surface area contributed by atoms with Crippen molar-refractivity contribution in [1.82, 2.24) is 10.9 Å². The van der Waals surface area contributed by atoms with Crippen LogP contribution in [0.1, 0.15) is 22.5 Å². The Morgan fingerprint density at radius 3 is 2.45 bits per heavy atom. The van der Waals surface area contributed by atoms with E-state index in [1.165, 1.54) is 18.4 Å². The van der Waals surface area contributed by atoms with Gasteiger partial charge in [-0.2, -0.15) is 0 Å². The fourth-order valence-corrected chi connectivity index (χ4v) is 4.54. The molecule has 0 saturated carbocycles. The zero-order valence-corrected chi connectivity index (χ0v) is 20.3. The lowest BCUT2D eigenvalue weighted by Gasteiger charge is -2.12. The van der Waals surface area contributed by atoms with Gasteiger partial charge in [-0.3, -0.25) is 20.4 Å². The van der Waals surface area contributed by atoms with Gasteiger partial charge in [0, 0.05) is 28.6 Å². The topological polar surface area (TPSA) is 109 Å². The van der Waals surface area contributed by atoms with E-state index in [0.717, 1.165) is 10.1 Å². The number of halogens is 2. The molecule has 4 N–H and O–H groups in total. The summed E-state index contributed by atoms with van der Waals surface area (Å²) in [6.07, 6.45) is -0.0842. The highest BCUT2D eigenvalue weighted by molar-refractivity contribution is 7.80. The lowest BCUT2D eigenvalue weighted by molar-refractivity contribution is -0.124. The molecule has 12 heteroatoms. The smallest absolute Gasteiger partial charge is 0.349 e. The molecule has 0 aliphatic heterocycles. The average molecular weight is 525 g/mol. The van der Waals surface area contributed by atoms with E-state index < -0.39 is 11.9 Å². The summed E-state index contributed by atoms with van der Waals surface area (Å²) in [4.78, 5) is 36.1. The second kappa shape index (κ2) is 11.3. The van der Waals surface area contributed by atoms with Gasteiger partial charge in [0.05, 0.1) is 22.8 Å². The fraction of sp³-hybridized carbons (Fsp3) is 0.143. The maximum absolute atomic E-state index is 12.0. The van der Waals surface area contributed by atoms with Crippen molar-refractivity contribution in [2.75, 3.05) is 17.7 Å². The molecule has 0 aliphatic carbocycles. The first-order valence-electron chi connectivity index (χ1n) is 9.49. The van der Waals surface area contributed by atoms with Crippen molar-refractivity contribution < 1.29 is 19.1 Å². The standard InChI is InChI=1S/C21H18Cl2N4O4S2/c1-31-20(30)19-18(23)12-7-6-11(10-15(12)33-19)24-21(32)27-26-17(29)9-8-16(28)25-14-5-3-2-4-13(14)22/h2-7,10H,8-9H2,1H3,(H,25,28)(H,26,29)(H2,24,27,32). The van der Waals surface area contributed by atoms with Gasteiger partial charge >= 0.3 is 5.97 Å². The van der Waals surface area contributed by atoms with Gasteiger partial charge in [0.1, 0.15) is 4.88 Å². The number of thiocarbonyl (C=S) groups is 1. The Kier molecular flexibility index (Phi) is 8.45. The van der Waals surface area contributed by atoms with E-state index >= 15 is 0 Å². The zero-order valence-electron chi connectivity index (χ0n) is 17.2. The fourth-order valence-electron chi connectivity index (χ4n) is 2.72. The van der Waals surface area contributed by atoms with Crippen LogP contribution in [0.25, 0.3) is 10.1 Å². The summed E-state index contributed by atoms with van der Waals surface area (Å²) in [5.74, 6) is -1.26. The van der Waals surface area contributed by atoms with Crippen LogP contribution in [0.5, 0.6) is 0 Å². The third kappa shape index (κ3) is 6.55. The van der Waals surface area contributed by atoms with Gasteiger partial charge in [0.25, 0.3) is 0 Å². The number of hydrogen-bond donors (Lipinski definition) is 4. The minimum absolute atomic E-state index is 0.0305. The van der Waals surface area contributed by atoms with Crippen molar-refractivity contribution in [3.63, 3.8) is 0 Å². The first-order valence-corrected chi connectivity index (χ1v) is 11.5. The van der Waals surface area contributed by atoms with Crippen LogP contribution in [0.2, 0.25) is 10.0 Å². The molecule has 3 rings (SSSR count). The van der Waals surface area contributed by atoms with E-state index in [1.807, 2.05) is 0 Å². The van der Waals surface area contributed by atoms with Crippen LogP contribution in [-0.4, -0.2) is 30.0 Å². The number of esters is 1. The number of amides is 2. The SMILES string of the molecule is COC(=O)c1sc2cc(NC(=S)NNC(=O)CCC(=O)Nc3ccccc3Cl)ccc2c1Cl. The summed E-state index contributed by atoms with van der Waals surface area (Å²) in [5.41, 5.74) is 6.11. The second-order valence-electron chi connectivity index (χ2n) is 6.60. The number of thiophene rings is 1. The van der Waals surface area contributed by atoms with Crippen LogP contribution >= 0.6 is 46.8 Å². The van der Waals surface area contributed by atoms with Crippen LogP contribution in [0, 0.1) is 0 Å². The van der Waals surface area contributed by atoms with Crippen LogP contribution in [0.4, 0.5) is 11.4 Å². The third-order valence-corrected chi connectivity index (χ3v) is 6.47. The molecule has 2 aromatic carbocycles. The second-order valence-corrected chi connectivity index (χ2v) is 8.85. The Balaban J connectivity index is 1.47. The number of anilines is 2. The minimum atomic E-state index is -0.504. The zero-order chi connectivity index (χ0) is 24.0. The normalized spacial score (nSPS) is 10.4. The molecule has 0 atom stereocenters. The highest BCUT2D eigenvalue weighted by Crippen LogP contribution is 2.37. The molecule has 3 aromatic rings. The number of rotatable bonds is 6. The van der Waals surface area contributed by atoms with Gasteiger partial charge in [0.15, 0.2) is 5.11 Å². The van der Waals surface area contributed by atoms with Crippen molar-refractivity contribution in [1.29, 1.82) is 0 Å². The largest absolute Gasteiger partial charge is 0.465 e. The molecular formula is C21H18Cl2N4O4S2. The number of carbonyl (C=O) groups excluding carboxylic acids is 3. The van der Waals surface area contributed by atoms with Crippen molar-refractivity contribution in [3.8, 4) is 0 Å². The lowest BCUT2D eigenvalue weighted by atomic mass is 10.2. The first-order chi connectivity index (χ1) is 15.8. The van der Waals surface area contributed by atoms with Gasteiger partial charge in [-0.1, -0.05) is 35.3 Å². The molecule has 172 valence electrons. The highest BCUT2D eigenvalue weighted by Gasteiger charge is 2.18. The number of nitrogens with one attached hydrogen (secondary N) is 4. The molecule has 0 radical (unpaired) electrons. The Bertz CT molecular complexity index is 1230. The molecule has 0 unspecified atom stereocenters. The number of ether oxygens (including phenoxy) is 1. The Hall–Kier alpha value is -2.92. The molecule has 33 heavy (non-hydrogen) atoms. The van der Waals surface area contributed by atoms with Crippen molar-refractivity contribution >= 4 is 91.1 Å². The molecule has 2 amide bonds. The van der Waals surface area contributed by atoms with Crippen molar-refractivity contribution in [2.45, 2.75) is 12.8 Å². The van der Waals surface area contributed by atoms with Gasteiger partial charge in [-0.05, 0) is 42.5 Å². The summed E-state index contributed by atoms with van der Waals surface area (Å²) >= 11 is 18.6. The maximum Gasteiger partial charge on any atom is 0.349 e. The maximum atomic E-state index is 12.0. The van der Waals surface area contributed by atoms with Gasteiger partial charge in [-0.25, -0.2) is 4.79 Å². The van der Waals surface area contributed by atoms with E-state index in [-0.39, 0.29) is 23.9 Å². The van der Waals surface area contributed by atoms with Gasteiger partial charge in [-0.15, -0.1) is 11.3 Å². The quantitative estimate of drug-likeness (QED) is 0.209. The number of carbonyl (C=O) groups is 3. The van der Waals surface area contributed by atoms with E-state index in [2.05, 4.69) is 21.5 Å². The molecule has 0 spiro atoms. The van der Waals surface area contributed by atoms with E-state index in [0.29, 0.717) is 26.3 Å².